The zero-order valence-corrected chi connectivity index (χ0v) is 11.7. The average molecular weight is 250 g/mol. The van der Waals surface area contributed by atoms with Gasteiger partial charge in [0.2, 0.25) is 0 Å². The van der Waals surface area contributed by atoms with Crippen LogP contribution in [0, 0.1) is 0 Å². The van der Waals surface area contributed by atoms with Crippen molar-refractivity contribution >= 4 is 11.8 Å². The SMILES string of the molecule is CCSc1ncccc1C1CCCCN1CC. The van der Waals surface area contributed by atoms with E-state index >= 15 is 0 Å². The Bertz CT molecular complexity index is 354. The molecule has 0 radical (unpaired) electrons. The van der Waals surface area contributed by atoms with Gasteiger partial charge in [-0.25, -0.2) is 4.98 Å². The Morgan fingerprint density at radius 2 is 2.29 bits per heavy atom. The maximum absolute atomic E-state index is 4.55. The second kappa shape index (κ2) is 6.41. The standard InChI is InChI=1S/C14H22N2S/c1-3-16-11-6-5-9-13(16)12-8-7-10-15-14(12)17-4-2/h7-8,10,13H,3-6,9,11H2,1-2H3. The molecular formula is C14H22N2S. The molecule has 1 saturated heterocycles. The fourth-order valence-electron chi connectivity index (χ4n) is 2.64. The molecule has 0 spiro atoms. The average Bonchev–Trinajstić information content (AvgIpc) is 2.40. The van der Waals surface area contributed by atoms with E-state index in [0.717, 1.165) is 12.3 Å². The molecule has 2 heterocycles. The second-order valence-corrected chi connectivity index (χ2v) is 5.72. The van der Waals surface area contributed by atoms with Gasteiger partial charge in [-0.15, -0.1) is 11.8 Å². The minimum Gasteiger partial charge on any atom is -0.297 e. The number of nitrogens with zero attached hydrogens (tertiary/aromatic N) is 2. The van der Waals surface area contributed by atoms with E-state index in [4.69, 9.17) is 0 Å². The number of thioether (sulfide) groups is 1. The lowest BCUT2D eigenvalue weighted by atomic mass is 9.96. The van der Waals surface area contributed by atoms with Gasteiger partial charge in [0.15, 0.2) is 0 Å². The third-order valence-electron chi connectivity index (χ3n) is 3.46. The van der Waals surface area contributed by atoms with Gasteiger partial charge in [-0.05, 0) is 37.8 Å². The van der Waals surface area contributed by atoms with Gasteiger partial charge in [0, 0.05) is 17.8 Å². The summed E-state index contributed by atoms with van der Waals surface area (Å²) in [5, 5.41) is 1.24. The van der Waals surface area contributed by atoms with Crippen molar-refractivity contribution in [3.63, 3.8) is 0 Å². The Balaban J connectivity index is 2.24. The summed E-state index contributed by atoms with van der Waals surface area (Å²) in [6.45, 7) is 6.85. The Hall–Kier alpha value is -0.540. The highest BCUT2D eigenvalue weighted by atomic mass is 32.2. The number of pyridine rings is 1. The van der Waals surface area contributed by atoms with Crippen LogP contribution in [0.25, 0.3) is 0 Å². The molecule has 0 N–H and O–H groups in total. The lowest BCUT2D eigenvalue weighted by molar-refractivity contribution is 0.154. The van der Waals surface area contributed by atoms with Gasteiger partial charge in [-0.2, -0.15) is 0 Å². The maximum atomic E-state index is 4.55. The van der Waals surface area contributed by atoms with Gasteiger partial charge in [0.05, 0.1) is 0 Å². The summed E-state index contributed by atoms with van der Waals surface area (Å²) in [6, 6.07) is 4.94. The zero-order chi connectivity index (χ0) is 12.1. The molecule has 1 atom stereocenters. The van der Waals surface area contributed by atoms with Gasteiger partial charge < -0.3 is 0 Å². The smallest absolute Gasteiger partial charge is 0.101 e. The fraction of sp³-hybridized carbons (Fsp3) is 0.643. The van der Waals surface area contributed by atoms with Crippen molar-refractivity contribution in [1.29, 1.82) is 0 Å². The number of hydrogen-bond donors (Lipinski definition) is 0. The summed E-state index contributed by atoms with van der Waals surface area (Å²) in [6.07, 6.45) is 5.91. The second-order valence-electron chi connectivity index (χ2n) is 4.47. The summed E-state index contributed by atoms with van der Waals surface area (Å²) in [5.74, 6) is 1.10. The normalized spacial score (nSPS) is 21.6. The third-order valence-corrected chi connectivity index (χ3v) is 4.36. The van der Waals surface area contributed by atoms with Crippen LogP contribution in [0.15, 0.2) is 23.4 Å². The lowest BCUT2D eigenvalue weighted by Gasteiger charge is -2.35. The minimum atomic E-state index is 0.594. The molecule has 3 heteroatoms. The summed E-state index contributed by atoms with van der Waals surface area (Å²) in [7, 11) is 0. The van der Waals surface area contributed by atoms with E-state index in [-0.39, 0.29) is 0 Å². The quantitative estimate of drug-likeness (QED) is 0.757. The molecule has 1 aromatic rings. The molecular weight excluding hydrogens is 228 g/mol. The van der Waals surface area contributed by atoms with Crippen molar-refractivity contribution in [3.05, 3.63) is 23.9 Å². The molecule has 94 valence electrons. The molecule has 0 bridgehead atoms. The van der Waals surface area contributed by atoms with Crippen molar-refractivity contribution < 1.29 is 0 Å². The number of rotatable bonds is 4. The summed E-state index contributed by atoms with van der Waals surface area (Å²) in [4.78, 5) is 7.15. The highest BCUT2D eigenvalue weighted by Gasteiger charge is 2.24. The Morgan fingerprint density at radius 1 is 1.41 bits per heavy atom. The first kappa shape index (κ1) is 12.9. The molecule has 17 heavy (non-hydrogen) atoms. The number of aromatic nitrogens is 1. The molecule has 0 saturated carbocycles. The van der Waals surface area contributed by atoms with Crippen LogP contribution in [-0.4, -0.2) is 28.7 Å². The highest BCUT2D eigenvalue weighted by Crippen LogP contribution is 2.35. The van der Waals surface area contributed by atoms with E-state index in [1.165, 1.54) is 36.4 Å². The van der Waals surface area contributed by atoms with Crippen LogP contribution >= 0.6 is 11.8 Å². The van der Waals surface area contributed by atoms with E-state index in [0.29, 0.717) is 6.04 Å². The van der Waals surface area contributed by atoms with E-state index in [1.54, 1.807) is 0 Å². The van der Waals surface area contributed by atoms with Crippen molar-refractivity contribution in [2.45, 2.75) is 44.2 Å². The molecule has 0 amide bonds. The first-order valence-corrected chi connectivity index (χ1v) is 7.67. The molecule has 2 rings (SSSR count). The van der Waals surface area contributed by atoms with E-state index in [9.17, 15) is 0 Å². The van der Waals surface area contributed by atoms with Crippen LogP contribution in [0.3, 0.4) is 0 Å². The van der Waals surface area contributed by atoms with Crippen LogP contribution in [0.2, 0.25) is 0 Å². The largest absolute Gasteiger partial charge is 0.297 e. The van der Waals surface area contributed by atoms with E-state index in [2.05, 4.69) is 35.9 Å². The predicted molar refractivity (Wildman–Crippen MR) is 74.5 cm³/mol. The number of hydrogen-bond acceptors (Lipinski definition) is 3. The van der Waals surface area contributed by atoms with Crippen molar-refractivity contribution in [1.82, 2.24) is 9.88 Å². The highest BCUT2D eigenvalue weighted by molar-refractivity contribution is 7.99. The predicted octanol–water partition coefficient (Wildman–Crippen LogP) is 3.74. The zero-order valence-electron chi connectivity index (χ0n) is 10.9. The third kappa shape index (κ3) is 3.02. The molecule has 1 aliphatic rings. The molecule has 1 fully saturated rings. The lowest BCUT2D eigenvalue weighted by Crippen LogP contribution is -2.33. The topological polar surface area (TPSA) is 16.1 Å². The first-order valence-electron chi connectivity index (χ1n) is 6.68. The molecule has 1 aromatic heterocycles. The van der Waals surface area contributed by atoms with Gasteiger partial charge in [0.1, 0.15) is 5.03 Å². The molecule has 1 aliphatic heterocycles. The number of piperidine rings is 1. The van der Waals surface area contributed by atoms with Crippen LogP contribution in [-0.2, 0) is 0 Å². The maximum Gasteiger partial charge on any atom is 0.101 e. The first-order chi connectivity index (χ1) is 8.36. The van der Waals surface area contributed by atoms with E-state index in [1.807, 2.05) is 18.0 Å². The van der Waals surface area contributed by atoms with E-state index < -0.39 is 0 Å². The van der Waals surface area contributed by atoms with Crippen LogP contribution in [0.1, 0.15) is 44.7 Å². The van der Waals surface area contributed by atoms with Crippen molar-refractivity contribution in [2.24, 2.45) is 0 Å². The minimum absolute atomic E-state index is 0.594. The fourth-order valence-corrected chi connectivity index (χ4v) is 3.42. The summed E-state index contributed by atoms with van der Waals surface area (Å²) < 4.78 is 0. The summed E-state index contributed by atoms with van der Waals surface area (Å²) >= 11 is 1.87. The molecule has 2 nitrogen and oxygen atoms in total. The van der Waals surface area contributed by atoms with Gasteiger partial charge >= 0.3 is 0 Å². The summed E-state index contributed by atoms with van der Waals surface area (Å²) in [5.41, 5.74) is 1.45. The van der Waals surface area contributed by atoms with Crippen LogP contribution in [0.5, 0.6) is 0 Å². The monoisotopic (exact) mass is 250 g/mol. The van der Waals surface area contributed by atoms with Gasteiger partial charge in [0.25, 0.3) is 0 Å². The molecule has 0 aliphatic carbocycles. The Morgan fingerprint density at radius 3 is 3.06 bits per heavy atom. The van der Waals surface area contributed by atoms with Crippen molar-refractivity contribution in [2.75, 3.05) is 18.8 Å². The number of likely N-dealkylation sites (tertiary alicyclic amines) is 1. The van der Waals surface area contributed by atoms with Gasteiger partial charge in [-0.3, -0.25) is 4.90 Å². The Labute approximate surface area is 109 Å². The molecule has 0 aromatic carbocycles. The molecule has 1 unspecified atom stereocenters. The van der Waals surface area contributed by atoms with Crippen LogP contribution in [0.4, 0.5) is 0 Å². The van der Waals surface area contributed by atoms with Crippen LogP contribution < -0.4 is 0 Å². The Kier molecular flexibility index (Phi) is 4.86. The van der Waals surface area contributed by atoms with Crippen molar-refractivity contribution in [3.8, 4) is 0 Å². The van der Waals surface area contributed by atoms with Gasteiger partial charge in [-0.1, -0.05) is 26.3 Å².